The van der Waals surface area contributed by atoms with Crippen molar-refractivity contribution in [3.63, 3.8) is 0 Å². The molecule has 0 aromatic heterocycles. The van der Waals surface area contributed by atoms with E-state index in [9.17, 15) is 4.79 Å². The number of hydrogen-bond donors (Lipinski definition) is 2. The lowest BCUT2D eigenvalue weighted by Gasteiger charge is -2.06. The Morgan fingerprint density at radius 1 is 0.950 bits per heavy atom. The Balaban J connectivity index is 1.66. The van der Waals surface area contributed by atoms with E-state index >= 15 is 0 Å². The molecule has 3 nitrogen and oxygen atoms in total. The zero-order chi connectivity index (χ0) is 14.2. The molecule has 0 aliphatic rings. The van der Waals surface area contributed by atoms with Crippen LogP contribution in [0.3, 0.4) is 0 Å². The topological polar surface area (TPSA) is 55.1 Å². The average molecular weight is 268 g/mol. The van der Waals surface area contributed by atoms with Gasteiger partial charge in [-0.25, -0.2) is 0 Å². The van der Waals surface area contributed by atoms with E-state index in [4.69, 9.17) is 5.73 Å². The average Bonchev–Trinajstić information content (AvgIpc) is 2.46. The Bertz CT molecular complexity index is 535. The van der Waals surface area contributed by atoms with Gasteiger partial charge in [-0.3, -0.25) is 4.79 Å². The first-order valence-electron chi connectivity index (χ1n) is 6.89. The van der Waals surface area contributed by atoms with Crippen LogP contribution in [-0.2, 0) is 17.6 Å². The maximum atomic E-state index is 11.7. The number of carbonyl (C=O) groups excluding carboxylic acids is 1. The number of nitrogens with two attached hydrogens (primary N) is 1. The Hall–Kier alpha value is -2.29. The van der Waals surface area contributed by atoms with Gasteiger partial charge >= 0.3 is 0 Å². The number of rotatable bonds is 6. The molecule has 0 fully saturated rings. The van der Waals surface area contributed by atoms with Crippen LogP contribution in [0.25, 0.3) is 0 Å². The van der Waals surface area contributed by atoms with Crippen LogP contribution in [0, 0.1) is 0 Å². The minimum absolute atomic E-state index is 0.0773. The third-order valence-electron chi connectivity index (χ3n) is 3.15. The van der Waals surface area contributed by atoms with Gasteiger partial charge in [-0.1, -0.05) is 42.5 Å². The summed E-state index contributed by atoms with van der Waals surface area (Å²) in [7, 11) is 0. The highest BCUT2D eigenvalue weighted by atomic mass is 16.1. The summed E-state index contributed by atoms with van der Waals surface area (Å²) in [4.78, 5) is 11.7. The van der Waals surface area contributed by atoms with E-state index in [1.165, 1.54) is 5.56 Å². The van der Waals surface area contributed by atoms with Gasteiger partial charge in [-0.05, 0) is 36.1 Å². The van der Waals surface area contributed by atoms with Gasteiger partial charge in [0.2, 0.25) is 5.91 Å². The standard InChI is InChI=1S/C17H20N2O/c18-16-10-8-14(9-11-16)7-4-12-19-17(20)13-15-5-2-1-3-6-15/h1-3,5-6,8-11H,4,7,12-13,18H2,(H,19,20). The smallest absolute Gasteiger partial charge is 0.224 e. The monoisotopic (exact) mass is 268 g/mol. The molecule has 3 N–H and O–H groups in total. The van der Waals surface area contributed by atoms with Gasteiger partial charge in [-0.15, -0.1) is 0 Å². The van der Waals surface area contributed by atoms with E-state index in [0.717, 1.165) is 24.1 Å². The molecule has 0 saturated carbocycles. The lowest BCUT2D eigenvalue weighted by molar-refractivity contribution is -0.120. The number of anilines is 1. The number of amides is 1. The molecule has 2 aromatic carbocycles. The molecule has 0 aliphatic carbocycles. The van der Waals surface area contributed by atoms with Gasteiger partial charge in [0.05, 0.1) is 6.42 Å². The normalized spacial score (nSPS) is 10.2. The molecule has 0 spiro atoms. The van der Waals surface area contributed by atoms with E-state index < -0.39 is 0 Å². The summed E-state index contributed by atoms with van der Waals surface area (Å²) >= 11 is 0. The van der Waals surface area contributed by atoms with Crippen molar-refractivity contribution in [1.29, 1.82) is 0 Å². The largest absolute Gasteiger partial charge is 0.399 e. The molecule has 1 amide bonds. The van der Waals surface area contributed by atoms with Crippen molar-refractivity contribution in [2.45, 2.75) is 19.3 Å². The molecule has 20 heavy (non-hydrogen) atoms. The maximum Gasteiger partial charge on any atom is 0.224 e. The first-order chi connectivity index (χ1) is 9.74. The minimum Gasteiger partial charge on any atom is -0.399 e. The highest BCUT2D eigenvalue weighted by molar-refractivity contribution is 5.78. The van der Waals surface area contributed by atoms with Gasteiger partial charge in [0.1, 0.15) is 0 Å². The first-order valence-corrected chi connectivity index (χ1v) is 6.89. The Morgan fingerprint density at radius 2 is 1.65 bits per heavy atom. The molecule has 2 aromatic rings. The summed E-state index contributed by atoms with van der Waals surface area (Å²) in [6.07, 6.45) is 2.33. The fraction of sp³-hybridized carbons (Fsp3) is 0.235. The van der Waals surface area contributed by atoms with Crippen molar-refractivity contribution < 1.29 is 4.79 Å². The number of benzene rings is 2. The summed E-state index contributed by atoms with van der Waals surface area (Å²) in [6, 6.07) is 17.7. The second kappa shape index (κ2) is 7.34. The SMILES string of the molecule is Nc1ccc(CCCNC(=O)Cc2ccccc2)cc1. The van der Waals surface area contributed by atoms with Gasteiger partial charge in [0, 0.05) is 12.2 Å². The van der Waals surface area contributed by atoms with Crippen molar-refractivity contribution in [3.8, 4) is 0 Å². The summed E-state index contributed by atoms with van der Waals surface area (Å²) in [5.41, 5.74) is 8.71. The van der Waals surface area contributed by atoms with Crippen LogP contribution in [0.4, 0.5) is 5.69 Å². The molecule has 104 valence electrons. The van der Waals surface area contributed by atoms with Crippen molar-refractivity contribution >= 4 is 11.6 Å². The van der Waals surface area contributed by atoms with Crippen LogP contribution < -0.4 is 11.1 Å². The maximum absolute atomic E-state index is 11.7. The molecule has 0 aliphatic heterocycles. The van der Waals surface area contributed by atoms with Crippen LogP contribution in [0.2, 0.25) is 0 Å². The van der Waals surface area contributed by atoms with Gasteiger partial charge in [0.25, 0.3) is 0 Å². The summed E-state index contributed by atoms with van der Waals surface area (Å²) in [5.74, 6) is 0.0773. The third-order valence-corrected chi connectivity index (χ3v) is 3.15. The van der Waals surface area contributed by atoms with Crippen molar-refractivity contribution in [1.82, 2.24) is 5.32 Å². The summed E-state index contributed by atoms with van der Waals surface area (Å²) in [5, 5.41) is 2.95. The molecule has 0 saturated heterocycles. The molecule has 3 heteroatoms. The highest BCUT2D eigenvalue weighted by Crippen LogP contribution is 2.07. The second-order valence-corrected chi connectivity index (χ2v) is 4.86. The summed E-state index contributed by atoms with van der Waals surface area (Å²) in [6.45, 7) is 0.704. The third kappa shape index (κ3) is 4.76. The highest BCUT2D eigenvalue weighted by Gasteiger charge is 2.02. The first kappa shape index (κ1) is 14.1. The van der Waals surface area contributed by atoms with Crippen LogP contribution >= 0.6 is 0 Å². The fourth-order valence-electron chi connectivity index (χ4n) is 2.05. The fourth-order valence-corrected chi connectivity index (χ4v) is 2.05. The minimum atomic E-state index is 0.0773. The van der Waals surface area contributed by atoms with Crippen LogP contribution in [0.15, 0.2) is 54.6 Å². The Kier molecular flexibility index (Phi) is 5.18. The van der Waals surface area contributed by atoms with Crippen LogP contribution in [0.1, 0.15) is 17.5 Å². The van der Waals surface area contributed by atoms with E-state index in [1.54, 1.807) is 0 Å². The lowest BCUT2D eigenvalue weighted by Crippen LogP contribution is -2.26. The number of aryl methyl sites for hydroxylation is 1. The van der Waals surface area contributed by atoms with Gasteiger partial charge in [-0.2, -0.15) is 0 Å². The molecular formula is C17H20N2O. The lowest BCUT2D eigenvalue weighted by atomic mass is 10.1. The van der Waals surface area contributed by atoms with E-state index in [2.05, 4.69) is 5.32 Å². The predicted molar refractivity (Wildman–Crippen MR) is 82.3 cm³/mol. The zero-order valence-corrected chi connectivity index (χ0v) is 11.5. The summed E-state index contributed by atoms with van der Waals surface area (Å²) < 4.78 is 0. The molecule has 2 rings (SSSR count). The predicted octanol–water partition coefficient (Wildman–Crippen LogP) is 2.56. The number of nitrogens with one attached hydrogen (secondary N) is 1. The van der Waals surface area contributed by atoms with Crippen LogP contribution in [0.5, 0.6) is 0 Å². The van der Waals surface area contributed by atoms with Gasteiger partial charge < -0.3 is 11.1 Å². The Labute approximate surface area is 119 Å². The number of hydrogen-bond acceptors (Lipinski definition) is 2. The Morgan fingerprint density at radius 3 is 2.35 bits per heavy atom. The molecule has 0 unspecified atom stereocenters. The van der Waals surface area contributed by atoms with E-state index in [0.29, 0.717) is 13.0 Å². The molecular weight excluding hydrogens is 248 g/mol. The molecule has 0 atom stereocenters. The molecule has 0 heterocycles. The van der Waals surface area contributed by atoms with Crippen LogP contribution in [-0.4, -0.2) is 12.5 Å². The molecule has 0 radical (unpaired) electrons. The molecule has 0 bridgehead atoms. The van der Waals surface area contributed by atoms with Gasteiger partial charge in [0.15, 0.2) is 0 Å². The number of carbonyl (C=O) groups is 1. The van der Waals surface area contributed by atoms with Crippen molar-refractivity contribution in [2.24, 2.45) is 0 Å². The van der Waals surface area contributed by atoms with Crippen molar-refractivity contribution in [2.75, 3.05) is 12.3 Å². The van der Waals surface area contributed by atoms with E-state index in [1.807, 2.05) is 54.6 Å². The zero-order valence-electron chi connectivity index (χ0n) is 11.5. The van der Waals surface area contributed by atoms with E-state index in [-0.39, 0.29) is 5.91 Å². The number of nitrogen functional groups attached to an aromatic ring is 1. The quantitative estimate of drug-likeness (QED) is 0.625. The second-order valence-electron chi connectivity index (χ2n) is 4.86. The van der Waals surface area contributed by atoms with Crippen molar-refractivity contribution in [3.05, 3.63) is 65.7 Å².